The van der Waals surface area contributed by atoms with Crippen LogP contribution in [0.25, 0.3) is 11.5 Å². The number of nitrogens with zero attached hydrogens (tertiary/aromatic N) is 3. The van der Waals surface area contributed by atoms with E-state index < -0.39 is 12.0 Å². The molecule has 10 nitrogen and oxygen atoms in total. The monoisotopic (exact) mass is 410 g/mol. The molecule has 0 aliphatic carbocycles. The summed E-state index contributed by atoms with van der Waals surface area (Å²) in [7, 11) is 0. The Kier molecular flexibility index (Phi) is 6.93. The fourth-order valence-electron chi connectivity index (χ4n) is 2.52. The maximum absolute atomic E-state index is 12.5. The molecule has 3 rings (SSSR count). The van der Waals surface area contributed by atoms with Gasteiger partial charge >= 0.3 is 6.09 Å². The molecule has 3 aromatic rings. The average Bonchev–Trinajstić information content (AvgIpc) is 3.29. The molecular formula is C20H22N6O4. The number of carbonyl (C=O) groups is 2. The first-order chi connectivity index (χ1) is 14.5. The van der Waals surface area contributed by atoms with Gasteiger partial charge in [-0.2, -0.15) is 0 Å². The summed E-state index contributed by atoms with van der Waals surface area (Å²) in [5.41, 5.74) is 7.41. The summed E-state index contributed by atoms with van der Waals surface area (Å²) in [4.78, 5) is 36.4. The number of furan rings is 1. The quantitative estimate of drug-likeness (QED) is 0.513. The topological polar surface area (TPSA) is 145 Å². The molecule has 0 atom stereocenters. The molecule has 156 valence electrons. The molecule has 0 aliphatic heterocycles. The molecule has 0 radical (unpaired) electrons. The van der Waals surface area contributed by atoms with Crippen LogP contribution in [0.3, 0.4) is 0 Å². The zero-order valence-corrected chi connectivity index (χ0v) is 16.4. The van der Waals surface area contributed by atoms with Crippen molar-refractivity contribution >= 4 is 17.9 Å². The number of aromatic nitrogens is 3. The number of rotatable bonds is 8. The third kappa shape index (κ3) is 5.77. The maximum atomic E-state index is 12.5. The van der Waals surface area contributed by atoms with Crippen LogP contribution in [0.15, 0.2) is 47.1 Å². The van der Waals surface area contributed by atoms with E-state index in [1.807, 2.05) is 6.92 Å². The van der Waals surface area contributed by atoms with Crippen molar-refractivity contribution in [2.24, 2.45) is 0 Å². The lowest BCUT2D eigenvalue weighted by atomic mass is 10.2. The fourth-order valence-corrected chi connectivity index (χ4v) is 2.52. The minimum atomic E-state index is -0.494. The second kappa shape index (κ2) is 10.0. The molecule has 0 unspecified atom stereocenters. The minimum Gasteiger partial charge on any atom is -0.463 e. The average molecular weight is 410 g/mol. The third-order valence-corrected chi connectivity index (χ3v) is 3.91. The van der Waals surface area contributed by atoms with Crippen LogP contribution in [0, 0.1) is 0 Å². The zero-order chi connectivity index (χ0) is 21.3. The van der Waals surface area contributed by atoms with Crippen molar-refractivity contribution in [2.75, 3.05) is 12.3 Å². The fraction of sp³-hybridized carbons (Fsp3) is 0.250. The van der Waals surface area contributed by atoms with Gasteiger partial charge in [0.2, 0.25) is 5.95 Å². The smallest absolute Gasteiger partial charge is 0.407 e. The van der Waals surface area contributed by atoms with E-state index in [4.69, 9.17) is 14.9 Å². The molecule has 0 aliphatic rings. The summed E-state index contributed by atoms with van der Waals surface area (Å²) < 4.78 is 10.4. The van der Waals surface area contributed by atoms with Crippen LogP contribution >= 0.6 is 0 Å². The van der Waals surface area contributed by atoms with Crippen LogP contribution < -0.4 is 16.4 Å². The molecule has 0 bridgehead atoms. The Morgan fingerprint density at radius 2 is 1.93 bits per heavy atom. The summed E-state index contributed by atoms with van der Waals surface area (Å²) in [6.07, 6.45) is 1.83. The Hall–Kier alpha value is -3.95. The van der Waals surface area contributed by atoms with Gasteiger partial charge in [0.1, 0.15) is 18.0 Å². The molecule has 3 heterocycles. The van der Waals surface area contributed by atoms with Crippen LogP contribution in [-0.4, -0.2) is 33.5 Å². The molecule has 0 aromatic carbocycles. The summed E-state index contributed by atoms with van der Waals surface area (Å²) in [6.45, 7) is 2.70. The number of nitrogens with two attached hydrogens (primary N) is 1. The molecule has 2 amide bonds. The van der Waals surface area contributed by atoms with Crippen LogP contribution in [0.5, 0.6) is 0 Å². The van der Waals surface area contributed by atoms with E-state index in [1.54, 1.807) is 30.3 Å². The van der Waals surface area contributed by atoms with Gasteiger partial charge < -0.3 is 25.5 Å². The van der Waals surface area contributed by atoms with Gasteiger partial charge in [0.15, 0.2) is 5.76 Å². The largest absolute Gasteiger partial charge is 0.463 e. The highest BCUT2D eigenvalue weighted by molar-refractivity contribution is 5.93. The third-order valence-electron chi connectivity index (χ3n) is 3.91. The Morgan fingerprint density at radius 1 is 1.10 bits per heavy atom. The normalized spacial score (nSPS) is 10.4. The van der Waals surface area contributed by atoms with Crippen molar-refractivity contribution in [1.82, 2.24) is 25.6 Å². The predicted octanol–water partition coefficient (Wildman–Crippen LogP) is 2.28. The van der Waals surface area contributed by atoms with E-state index >= 15 is 0 Å². The number of nitrogens with one attached hydrogen (secondary N) is 2. The lowest BCUT2D eigenvalue weighted by Crippen LogP contribution is -2.26. The highest BCUT2D eigenvalue weighted by Crippen LogP contribution is 2.19. The summed E-state index contributed by atoms with van der Waals surface area (Å²) >= 11 is 0. The highest BCUT2D eigenvalue weighted by atomic mass is 16.5. The van der Waals surface area contributed by atoms with Crippen molar-refractivity contribution in [3.8, 4) is 11.5 Å². The highest BCUT2D eigenvalue weighted by Gasteiger charge is 2.13. The van der Waals surface area contributed by atoms with Crippen molar-refractivity contribution in [3.63, 3.8) is 0 Å². The van der Waals surface area contributed by atoms with Gasteiger partial charge in [0, 0.05) is 6.54 Å². The van der Waals surface area contributed by atoms with Gasteiger partial charge in [-0.15, -0.1) is 0 Å². The SMILES string of the molecule is CCCNC(=O)OCc1cccc(CNC(=O)c2cc(-c3ccco3)nc(N)n2)n1. The van der Waals surface area contributed by atoms with Gasteiger partial charge in [0.05, 0.1) is 24.2 Å². The molecular weight excluding hydrogens is 388 g/mol. The molecule has 30 heavy (non-hydrogen) atoms. The van der Waals surface area contributed by atoms with Crippen molar-refractivity contribution in [2.45, 2.75) is 26.5 Å². The summed E-state index contributed by atoms with van der Waals surface area (Å²) in [5, 5.41) is 5.36. The molecule has 10 heteroatoms. The lowest BCUT2D eigenvalue weighted by Gasteiger charge is -2.08. The van der Waals surface area contributed by atoms with Gasteiger partial charge in [-0.05, 0) is 36.8 Å². The van der Waals surface area contributed by atoms with Gasteiger partial charge in [-0.1, -0.05) is 13.0 Å². The number of hydrogen-bond acceptors (Lipinski definition) is 8. The van der Waals surface area contributed by atoms with Crippen molar-refractivity contribution in [3.05, 3.63) is 59.7 Å². The van der Waals surface area contributed by atoms with Gasteiger partial charge in [-0.25, -0.2) is 14.8 Å². The maximum Gasteiger partial charge on any atom is 0.407 e. The van der Waals surface area contributed by atoms with E-state index in [1.165, 1.54) is 12.3 Å². The van der Waals surface area contributed by atoms with E-state index in [0.717, 1.165) is 6.42 Å². The van der Waals surface area contributed by atoms with Crippen LogP contribution in [0.2, 0.25) is 0 Å². The molecule has 0 saturated carbocycles. The number of ether oxygens (including phenoxy) is 1. The Balaban J connectivity index is 1.59. The van der Waals surface area contributed by atoms with E-state index in [9.17, 15) is 9.59 Å². The number of nitrogen functional groups attached to an aromatic ring is 1. The van der Waals surface area contributed by atoms with Crippen LogP contribution in [0.1, 0.15) is 35.2 Å². The summed E-state index contributed by atoms with van der Waals surface area (Å²) in [5.74, 6) is 0.0162. The van der Waals surface area contributed by atoms with Crippen LogP contribution in [0.4, 0.5) is 10.7 Å². The Bertz CT molecular complexity index is 1010. The number of carbonyl (C=O) groups excluding carboxylic acids is 2. The number of amides is 2. The van der Waals surface area contributed by atoms with E-state index in [0.29, 0.717) is 29.4 Å². The second-order valence-electron chi connectivity index (χ2n) is 6.28. The Morgan fingerprint density at radius 3 is 2.70 bits per heavy atom. The number of anilines is 1. The lowest BCUT2D eigenvalue weighted by molar-refractivity contribution is 0.0945. The van der Waals surface area contributed by atoms with Gasteiger partial charge in [0.25, 0.3) is 5.91 Å². The first-order valence-electron chi connectivity index (χ1n) is 9.37. The molecule has 0 fully saturated rings. The van der Waals surface area contributed by atoms with E-state index in [2.05, 4.69) is 25.6 Å². The number of hydrogen-bond donors (Lipinski definition) is 3. The number of pyridine rings is 1. The second-order valence-corrected chi connectivity index (χ2v) is 6.28. The number of alkyl carbamates (subject to hydrolysis) is 1. The zero-order valence-electron chi connectivity index (χ0n) is 16.4. The predicted molar refractivity (Wildman–Crippen MR) is 108 cm³/mol. The summed E-state index contributed by atoms with van der Waals surface area (Å²) in [6, 6.07) is 10.2. The van der Waals surface area contributed by atoms with Crippen molar-refractivity contribution < 1.29 is 18.7 Å². The molecule has 4 N–H and O–H groups in total. The van der Waals surface area contributed by atoms with Crippen molar-refractivity contribution in [1.29, 1.82) is 0 Å². The van der Waals surface area contributed by atoms with E-state index in [-0.39, 0.29) is 24.8 Å². The molecule has 0 saturated heterocycles. The molecule has 3 aromatic heterocycles. The first-order valence-corrected chi connectivity index (χ1v) is 9.37. The standard InChI is InChI=1S/C20H22N6O4/c1-2-8-22-20(28)30-12-14-6-3-5-13(24-14)11-23-18(27)16-10-15(25-19(21)26-16)17-7-4-9-29-17/h3-7,9-10H,2,8,11-12H2,1H3,(H,22,28)(H,23,27)(H2,21,25,26). The first kappa shape index (κ1) is 20.8. The molecule has 0 spiro atoms. The Labute approximate surface area is 172 Å². The van der Waals surface area contributed by atoms with Gasteiger partial charge in [-0.3, -0.25) is 9.78 Å². The minimum absolute atomic E-state index is 0.0340. The van der Waals surface area contributed by atoms with Crippen LogP contribution in [-0.2, 0) is 17.9 Å².